The highest BCUT2D eigenvalue weighted by atomic mass is 79.9. The van der Waals surface area contributed by atoms with Gasteiger partial charge in [-0.3, -0.25) is 10.1 Å². The van der Waals surface area contributed by atoms with Gasteiger partial charge in [0.15, 0.2) is 0 Å². The number of nitrogens with one attached hydrogen (secondary N) is 2. The van der Waals surface area contributed by atoms with Gasteiger partial charge in [-0.15, -0.1) is 0 Å². The van der Waals surface area contributed by atoms with Crippen molar-refractivity contribution in [3.8, 4) is 0 Å². The Hall–Kier alpha value is -1.54. The molecule has 0 atom stereocenters. The Kier molecular flexibility index (Phi) is 3.87. The SMILES string of the molecule is CNc1ncc(Br)cc1C(=O)Nc1nc(C)ns1. The maximum absolute atomic E-state index is 12.1. The third-order valence-electron chi connectivity index (χ3n) is 2.08. The van der Waals surface area contributed by atoms with Crippen molar-refractivity contribution in [3.63, 3.8) is 0 Å². The number of aryl methyl sites for hydroxylation is 1. The summed E-state index contributed by atoms with van der Waals surface area (Å²) in [5.41, 5.74) is 0.444. The lowest BCUT2D eigenvalue weighted by molar-refractivity contribution is 0.102. The smallest absolute Gasteiger partial charge is 0.261 e. The molecule has 0 aromatic carbocycles. The Morgan fingerprint density at radius 3 is 2.89 bits per heavy atom. The van der Waals surface area contributed by atoms with E-state index in [2.05, 4.69) is 40.9 Å². The van der Waals surface area contributed by atoms with Crippen LogP contribution in [0.15, 0.2) is 16.7 Å². The van der Waals surface area contributed by atoms with Crippen molar-refractivity contribution in [1.29, 1.82) is 0 Å². The van der Waals surface area contributed by atoms with Crippen LogP contribution in [0.25, 0.3) is 0 Å². The first kappa shape index (κ1) is 12.9. The summed E-state index contributed by atoms with van der Waals surface area (Å²) < 4.78 is 4.74. The van der Waals surface area contributed by atoms with E-state index in [-0.39, 0.29) is 5.91 Å². The topological polar surface area (TPSA) is 79.8 Å². The molecule has 0 saturated heterocycles. The first-order valence-electron chi connectivity index (χ1n) is 5.05. The summed E-state index contributed by atoms with van der Waals surface area (Å²) in [6, 6.07) is 1.70. The number of rotatable bonds is 3. The lowest BCUT2D eigenvalue weighted by Crippen LogP contribution is -2.14. The second-order valence-corrected chi connectivity index (χ2v) is 5.07. The molecule has 0 aliphatic heterocycles. The van der Waals surface area contributed by atoms with Crippen LogP contribution in [0.4, 0.5) is 10.9 Å². The third kappa shape index (κ3) is 2.82. The predicted molar refractivity (Wildman–Crippen MR) is 74.1 cm³/mol. The second-order valence-electron chi connectivity index (χ2n) is 3.40. The molecule has 0 aliphatic rings. The van der Waals surface area contributed by atoms with Crippen molar-refractivity contribution >= 4 is 44.3 Å². The molecule has 1 amide bonds. The van der Waals surface area contributed by atoms with E-state index >= 15 is 0 Å². The number of carbonyl (C=O) groups is 1. The Bertz CT molecular complexity index is 585. The number of pyridine rings is 1. The van der Waals surface area contributed by atoms with Crippen LogP contribution < -0.4 is 10.6 Å². The van der Waals surface area contributed by atoms with Gasteiger partial charge in [-0.25, -0.2) is 9.97 Å². The van der Waals surface area contributed by atoms with Gasteiger partial charge in [0.05, 0.1) is 5.56 Å². The van der Waals surface area contributed by atoms with Gasteiger partial charge in [0.2, 0.25) is 5.13 Å². The molecule has 2 aromatic heterocycles. The number of aromatic nitrogens is 3. The van der Waals surface area contributed by atoms with Crippen LogP contribution >= 0.6 is 27.5 Å². The molecule has 0 unspecified atom stereocenters. The number of carbonyl (C=O) groups excluding carboxylic acids is 1. The highest BCUT2D eigenvalue weighted by molar-refractivity contribution is 9.10. The van der Waals surface area contributed by atoms with Crippen molar-refractivity contribution in [2.75, 3.05) is 17.7 Å². The number of anilines is 2. The molecule has 2 aromatic rings. The average Bonchev–Trinajstić information content (AvgIpc) is 2.74. The van der Waals surface area contributed by atoms with Crippen LogP contribution in [0.2, 0.25) is 0 Å². The summed E-state index contributed by atoms with van der Waals surface area (Å²) in [6.45, 7) is 1.77. The minimum atomic E-state index is -0.274. The van der Waals surface area contributed by atoms with E-state index in [1.54, 1.807) is 26.2 Å². The van der Waals surface area contributed by atoms with E-state index in [4.69, 9.17) is 0 Å². The van der Waals surface area contributed by atoms with E-state index < -0.39 is 0 Å². The zero-order chi connectivity index (χ0) is 13.1. The van der Waals surface area contributed by atoms with Gasteiger partial charge >= 0.3 is 0 Å². The van der Waals surface area contributed by atoms with E-state index in [1.165, 1.54) is 0 Å². The number of nitrogens with zero attached hydrogens (tertiary/aromatic N) is 3. The maximum atomic E-state index is 12.1. The van der Waals surface area contributed by atoms with Gasteiger partial charge in [-0.1, -0.05) is 0 Å². The van der Waals surface area contributed by atoms with Gasteiger partial charge in [-0.2, -0.15) is 4.37 Å². The molecule has 0 spiro atoms. The number of amides is 1. The van der Waals surface area contributed by atoms with Gasteiger partial charge in [0.25, 0.3) is 5.91 Å². The molecule has 2 N–H and O–H groups in total. The fraction of sp³-hybridized carbons (Fsp3) is 0.200. The summed E-state index contributed by atoms with van der Waals surface area (Å²) in [5.74, 6) is 0.873. The molecule has 18 heavy (non-hydrogen) atoms. The lowest BCUT2D eigenvalue weighted by atomic mass is 10.2. The molecule has 8 heteroatoms. The molecule has 2 rings (SSSR count). The van der Waals surface area contributed by atoms with Crippen LogP contribution in [0.5, 0.6) is 0 Å². The van der Waals surface area contributed by atoms with Gasteiger partial charge in [0, 0.05) is 29.2 Å². The van der Waals surface area contributed by atoms with Crippen LogP contribution in [-0.4, -0.2) is 27.3 Å². The van der Waals surface area contributed by atoms with E-state index in [0.29, 0.717) is 22.3 Å². The standard InChI is InChI=1S/C10H10BrN5OS/c1-5-14-10(18-16-5)15-9(17)7-3-6(11)4-13-8(7)12-2/h3-4H,1-2H3,(H,12,13)(H,14,15,16,17). The van der Waals surface area contributed by atoms with Gasteiger partial charge in [0.1, 0.15) is 11.6 Å². The molecular formula is C10H10BrN5OS. The molecule has 0 fully saturated rings. The molecule has 0 radical (unpaired) electrons. The largest absolute Gasteiger partial charge is 0.372 e. The van der Waals surface area contributed by atoms with Crippen LogP contribution in [-0.2, 0) is 0 Å². The summed E-state index contributed by atoms with van der Waals surface area (Å²) in [6.07, 6.45) is 1.62. The minimum absolute atomic E-state index is 0.274. The van der Waals surface area contributed by atoms with Crippen LogP contribution in [0, 0.1) is 6.92 Å². The lowest BCUT2D eigenvalue weighted by Gasteiger charge is -2.07. The Balaban J connectivity index is 2.25. The van der Waals surface area contributed by atoms with Crippen molar-refractivity contribution < 1.29 is 4.79 Å². The van der Waals surface area contributed by atoms with Gasteiger partial charge in [-0.05, 0) is 28.9 Å². The maximum Gasteiger partial charge on any atom is 0.261 e. The van der Waals surface area contributed by atoms with E-state index in [1.807, 2.05) is 0 Å². The molecule has 2 heterocycles. The number of hydrogen-bond donors (Lipinski definition) is 2. The first-order chi connectivity index (χ1) is 8.60. The van der Waals surface area contributed by atoms with E-state index in [0.717, 1.165) is 16.0 Å². The van der Waals surface area contributed by atoms with E-state index in [9.17, 15) is 4.79 Å². The van der Waals surface area contributed by atoms with Crippen molar-refractivity contribution in [1.82, 2.24) is 14.3 Å². The molecule has 6 nitrogen and oxygen atoms in total. The summed E-state index contributed by atoms with van der Waals surface area (Å²) in [7, 11) is 1.71. The highest BCUT2D eigenvalue weighted by Gasteiger charge is 2.14. The Morgan fingerprint density at radius 2 is 2.28 bits per heavy atom. The van der Waals surface area contributed by atoms with Crippen molar-refractivity contribution in [3.05, 3.63) is 28.1 Å². The average molecular weight is 328 g/mol. The quantitative estimate of drug-likeness (QED) is 0.904. The minimum Gasteiger partial charge on any atom is -0.372 e. The van der Waals surface area contributed by atoms with Gasteiger partial charge < -0.3 is 5.32 Å². The van der Waals surface area contributed by atoms with Crippen molar-refractivity contribution in [2.45, 2.75) is 6.92 Å². The second kappa shape index (κ2) is 5.40. The molecular weight excluding hydrogens is 318 g/mol. The summed E-state index contributed by atoms with van der Waals surface area (Å²) in [4.78, 5) is 20.3. The Morgan fingerprint density at radius 1 is 1.50 bits per heavy atom. The van der Waals surface area contributed by atoms with Crippen LogP contribution in [0.3, 0.4) is 0 Å². The normalized spacial score (nSPS) is 10.2. The molecule has 0 saturated carbocycles. The number of halogens is 1. The zero-order valence-corrected chi connectivity index (χ0v) is 12.1. The summed E-state index contributed by atoms with van der Waals surface area (Å²) >= 11 is 4.43. The number of hydrogen-bond acceptors (Lipinski definition) is 6. The first-order valence-corrected chi connectivity index (χ1v) is 6.61. The predicted octanol–water partition coefficient (Wildman–Crippen LogP) is 2.30. The molecule has 94 valence electrons. The third-order valence-corrected chi connectivity index (χ3v) is 3.24. The fourth-order valence-electron chi connectivity index (χ4n) is 1.32. The molecule has 0 aliphatic carbocycles. The molecule has 0 bridgehead atoms. The highest BCUT2D eigenvalue weighted by Crippen LogP contribution is 2.19. The van der Waals surface area contributed by atoms with Crippen LogP contribution in [0.1, 0.15) is 16.2 Å². The zero-order valence-electron chi connectivity index (χ0n) is 9.69. The summed E-state index contributed by atoms with van der Waals surface area (Å²) in [5, 5.41) is 6.03. The Labute approximate surface area is 116 Å². The monoisotopic (exact) mass is 327 g/mol. The fourth-order valence-corrected chi connectivity index (χ4v) is 2.23. The van der Waals surface area contributed by atoms with Crippen molar-refractivity contribution in [2.24, 2.45) is 0 Å².